The van der Waals surface area contributed by atoms with Gasteiger partial charge in [0.25, 0.3) is 0 Å². The fraction of sp³-hybridized carbons (Fsp3) is 0.300. The van der Waals surface area contributed by atoms with Gasteiger partial charge in [-0.2, -0.15) is 0 Å². The Kier molecular flexibility index (Phi) is 6.83. The van der Waals surface area contributed by atoms with E-state index in [9.17, 15) is 23.5 Å². The lowest BCUT2D eigenvalue weighted by atomic mass is 10.00. The van der Waals surface area contributed by atoms with Crippen LogP contribution in [-0.2, 0) is 11.2 Å². The first-order valence-electron chi connectivity index (χ1n) is 8.48. The summed E-state index contributed by atoms with van der Waals surface area (Å²) in [5.41, 5.74) is 0.970. The number of carboxylic acid groups (broad SMARTS) is 1. The van der Waals surface area contributed by atoms with E-state index in [0.717, 1.165) is 12.1 Å². The van der Waals surface area contributed by atoms with Crippen LogP contribution in [0, 0.1) is 11.6 Å². The van der Waals surface area contributed by atoms with E-state index >= 15 is 0 Å². The summed E-state index contributed by atoms with van der Waals surface area (Å²) in [6.07, 6.45) is 1.57. The zero-order valence-corrected chi connectivity index (χ0v) is 14.5. The summed E-state index contributed by atoms with van der Waals surface area (Å²) in [7, 11) is 0. The Morgan fingerprint density at radius 3 is 2.54 bits per heavy atom. The lowest BCUT2D eigenvalue weighted by molar-refractivity contribution is -0.121. The summed E-state index contributed by atoms with van der Waals surface area (Å²) in [6.45, 7) is 1.91. The molecule has 0 heterocycles. The summed E-state index contributed by atoms with van der Waals surface area (Å²) in [6, 6.07) is 9.25. The normalized spacial score (nSPS) is 11.8. The molecule has 2 aromatic rings. The molecule has 26 heavy (non-hydrogen) atoms. The molecule has 0 fully saturated rings. The predicted molar refractivity (Wildman–Crippen MR) is 93.9 cm³/mol. The Labute approximate surface area is 150 Å². The topological polar surface area (TPSA) is 66.4 Å². The Morgan fingerprint density at radius 1 is 1.15 bits per heavy atom. The van der Waals surface area contributed by atoms with Crippen LogP contribution in [-0.4, -0.2) is 17.0 Å². The minimum absolute atomic E-state index is 0.0767. The van der Waals surface area contributed by atoms with E-state index in [1.54, 1.807) is 18.2 Å². The largest absolute Gasteiger partial charge is 0.478 e. The number of rotatable bonds is 8. The summed E-state index contributed by atoms with van der Waals surface area (Å²) in [4.78, 5) is 23.5. The first-order chi connectivity index (χ1) is 12.4. The molecule has 1 amide bonds. The molecular formula is C20H21F2NO3. The van der Waals surface area contributed by atoms with E-state index in [0.29, 0.717) is 18.4 Å². The van der Waals surface area contributed by atoms with Crippen LogP contribution >= 0.6 is 0 Å². The number of hydrogen-bond donors (Lipinski definition) is 2. The monoisotopic (exact) mass is 361 g/mol. The number of nitrogens with one attached hydrogen (secondary N) is 1. The molecule has 0 aliphatic rings. The summed E-state index contributed by atoms with van der Waals surface area (Å²) >= 11 is 0. The smallest absolute Gasteiger partial charge is 0.335 e. The van der Waals surface area contributed by atoms with Crippen LogP contribution in [0.25, 0.3) is 0 Å². The third-order valence-electron chi connectivity index (χ3n) is 4.12. The van der Waals surface area contributed by atoms with Gasteiger partial charge in [0.15, 0.2) is 0 Å². The highest BCUT2D eigenvalue weighted by Crippen LogP contribution is 2.23. The average molecular weight is 361 g/mol. The number of benzene rings is 2. The second kappa shape index (κ2) is 9.08. The van der Waals surface area contributed by atoms with Crippen LogP contribution < -0.4 is 5.32 Å². The standard InChI is InChI=1S/C20H21F2NO3/c1-2-5-18(16-10-9-14(21)12-17(16)22)23-19(24)11-8-13-6-3-4-7-15(13)20(25)26/h3-4,6-7,9-10,12,18H,2,5,8,11H2,1H3,(H,23,24)(H,25,26). The molecule has 0 aliphatic heterocycles. The fourth-order valence-corrected chi connectivity index (χ4v) is 2.84. The molecule has 6 heteroatoms. The van der Waals surface area contributed by atoms with E-state index < -0.39 is 23.6 Å². The van der Waals surface area contributed by atoms with Crippen LogP contribution in [0.1, 0.15) is 53.7 Å². The Balaban J connectivity index is 2.05. The highest BCUT2D eigenvalue weighted by Gasteiger charge is 2.18. The van der Waals surface area contributed by atoms with Gasteiger partial charge in [-0.3, -0.25) is 4.79 Å². The van der Waals surface area contributed by atoms with Crippen molar-refractivity contribution in [3.05, 3.63) is 70.8 Å². The van der Waals surface area contributed by atoms with Gasteiger partial charge in [-0.05, 0) is 30.5 Å². The molecule has 2 rings (SSSR count). The van der Waals surface area contributed by atoms with Crippen LogP contribution in [0.15, 0.2) is 42.5 Å². The van der Waals surface area contributed by atoms with Gasteiger partial charge in [0.2, 0.25) is 5.91 Å². The highest BCUT2D eigenvalue weighted by molar-refractivity contribution is 5.89. The van der Waals surface area contributed by atoms with E-state index in [-0.39, 0.29) is 29.9 Å². The summed E-state index contributed by atoms with van der Waals surface area (Å²) in [5, 5.41) is 11.9. The van der Waals surface area contributed by atoms with Crippen LogP contribution in [0.5, 0.6) is 0 Å². The minimum Gasteiger partial charge on any atom is -0.478 e. The lowest BCUT2D eigenvalue weighted by Gasteiger charge is -2.19. The third-order valence-corrected chi connectivity index (χ3v) is 4.12. The van der Waals surface area contributed by atoms with Crippen molar-refractivity contribution in [2.75, 3.05) is 0 Å². The van der Waals surface area contributed by atoms with E-state index in [2.05, 4.69) is 5.32 Å². The van der Waals surface area contributed by atoms with Gasteiger partial charge in [-0.15, -0.1) is 0 Å². The molecule has 138 valence electrons. The van der Waals surface area contributed by atoms with Gasteiger partial charge in [-0.25, -0.2) is 13.6 Å². The van der Waals surface area contributed by atoms with Crippen molar-refractivity contribution in [3.8, 4) is 0 Å². The van der Waals surface area contributed by atoms with Gasteiger partial charge >= 0.3 is 5.97 Å². The maximum atomic E-state index is 14.0. The lowest BCUT2D eigenvalue weighted by Crippen LogP contribution is -2.29. The van der Waals surface area contributed by atoms with Gasteiger partial charge < -0.3 is 10.4 Å². The van der Waals surface area contributed by atoms with E-state index in [1.807, 2.05) is 6.92 Å². The van der Waals surface area contributed by atoms with Crippen molar-refractivity contribution in [2.45, 2.75) is 38.6 Å². The highest BCUT2D eigenvalue weighted by atomic mass is 19.1. The SMILES string of the molecule is CCCC(NC(=O)CCc1ccccc1C(=O)O)c1ccc(F)cc1F. The number of hydrogen-bond acceptors (Lipinski definition) is 2. The van der Waals surface area contributed by atoms with Crippen LogP contribution in [0.2, 0.25) is 0 Å². The maximum Gasteiger partial charge on any atom is 0.335 e. The molecule has 0 bridgehead atoms. The first-order valence-corrected chi connectivity index (χ1v) is 8.48. The molecule has 1 atom stereocenters. The van der Waals surface area contributed by atoms with Gasteiger partial charge in [-0.1, -0.05) is 37.6 Å². The van der Waals surface area contributed by atoms with Gasteiger partial charge in [0, 0.05) is 18.1 Å². The van der Waals surface area contributed by atoms with Crippen molar-refractivity contribution in [3.63, 3.8) is 0 Å². The molecule has 1 unspecified atom stereocenters. The number of carboxylic acids is 1. The third kappa shape index (κ3) is 5.12. The predicted octanol–water partition coefficient (Wildman–Crippen LogP) is 4.25. The molecular weight excluding hydrogens is 340 g/mol. The quantitative estimate of drug-likeness (QED) is 0.739. The second-order valence-corrected chi connectivity index (χ2v) is 6.04. The Morgan fingerprint density at radius 2 is 1.88 bits per heavy atom. The second-order valence-electron chi connectivity index (χ2n) is 6.04. The molecule has 2 aromatic carbocycles. The van der Waals surface area contributed by atoms with Crippen LogP contribution in [0.4, 0.5) is 8.78 Å². The molecule has 0 aromatic heterocycles. The number of carbonyl (C=O) groups is 2. The van der Waals surface area contributed by atoms with Crippen molar-refractivity contribution in [2.24, 2.45) is 0 Å². The minimum atomic E-state index is -1.04. The first kappa shape index (κ1) is 19.6. The molecule has 0 saturated carbocycles. The molecule has 0 radical (unpaired) electrons. The van der Waals surface area contributed by atoms with Crippen molar-refractivity contribution < 1.29 is 23.5 Å². The molecule has 0 aliphatic carbocycles. The number of halogens is 2. The van der Waals surface area contributed by atoms with E-state index in [1.165, 1.54) is 12.1 Å². The van der Waals surface area contributed by atoms with Gasteiger partial charge in [0.05, 0.1) is 11.6 Å². The van der Waals surface area contributed by atoms with Crippen molar-refractivity contribution in [1.29, 1.82) is 0 Å². The van der Waals surface area contributed by atoms with Crippen molar-refractivity contribution >= 4 is 11.9 Å². The Hall–Kier alpha value is -2.76. The fourth-order valence-electron chi connectivity index (χ4n) is 2.84. The number of carbonyl (C=O) groups excluding carboxylic acids is 1. The number of amides is 1. The van der Waals surface area contributed by atoms with E-state index in [4.69, 9.17) is 0 Å². The molecule has 2 N–H and O–H groups in total. The number of aryl methyl sites for hydroxylation is 1. The number of aromatic carboxylic acids is 1. The molecule has 4 nitrogen and oxygen atoms in total. The maximum absolute atomic E-state index is 14.0. The zero-order valence-electron chi connectivity index (χ0n) is 14.5. The van der Waals surface area contributed by atoms with Crippen LogP contribution in [0.3, 0.4) is 0 Å². The summed E-state index contributed by atoms with van der Waals surface area (Å²) < 4.78 is 27.1. The zero-order chi connectivity index (χ0) is 19.1. The summed E-state index contributed by atoms with van der Waals surface area (Å²) in [5.74, 6) is -2.72. The Bertz CT molecular complexity index is 792. The molecule has 0 saturated heterocycles. The average Bonchev–Trinajstić information content (AvgIpc) is 2.60. The molecule has 0 spiro atoms. The van der Waals surface area contributed by atoms with Gasteiger partial charge in [0.1, 0.15) is 11.6 Å². The van der Waals surface area contributed by atoms with Crippen molar-refractivity contribution in [1.82, 2.24) is 5.32 Å².